The Labute approximate surface area is 112 Å². The molecule has 0 saturated carbocycles. The minimum Gasteiger partial charge on any atom is -0.457 e. The molecule has 5 nitrogen and oxygen atoms in total. The van der Waals surface area contributed by atoms with E-state index in [4.69, 9.17) is 22.1 Å². The number of halogens is 2. The molecule has 0 aliphatic carbocycles. The van der Waals surface area contributed by atoms with Gasteiger partial charge in [-0.05, 0) is 12.1 Å². The summed E-state index contributed by atoms with van der Waals surface area (Å²) in [5.41, 5.74) is 5.53. The van der Waals surface area contributed by atoms with Crippen molar-refractivity contribution in [2.75, 3.05) is 5.73 Å². The van der Waals surface area contributed by atoms with Crippen molar-refractivity contribution in [2.24, 2.45) is 0 Å². The zero-order valence-corrected chi connectivity index (χ0v) is 10.2. The molecular formula is C12H8ClFN2O3. The van der Waals surface area contributed by atoms with Gasteiger partial charge < -0.3 is 10.5 Å². The van der Waals surface area contributed by atoms with Crippen molar-refractivity contribution < 1.29 is 14.1 Å². The second-order valence-corrected chi connectivity index (χ2v) is 4.10. The number of nitrogens with zero attached hydrogens (tertiary/aromatic N) is 1. The van der Waals surface area contributed by atoms with Crippen LogP contribution < -0.4 is 10.5 Å². The molecule has 0 radical (unpaired) electrons. The normalized spacial score (nSPS) is 10.2. The lowest BCUT2D eigenvalue weighted by molar-refractivity contribution is -0.384. The predicted octanol–water partition coefficient (Wildman–Crippen LogP) is 3.76. The molecule has 0 atom stereocenters. The number of nitro benzene ring substituents is 1. The first-order valence-electron chi connectivity index (χ1n) is 5.13. The van der Waals surface area contributed by atoms with E-state index in [1.165, 1.54) is 30.3 Å². The number of ether oxygens (including phenoxy) is 1. The maximum Gasteiger partial charge on any atom is 0.275 e. The van der Waals surface area contributed by atoms with E-state index in [0.717, 1.165) is 6.07 Å². The van der Waals surface area contributed by atoms with Crippen molar-refractivity contribution in [1.82, 2.24) is 0 Å². The Hall–Kier alpha value is -2.34. The fourth-order valence-electron chi connectivity index (χ4n) is 1.45. The van der Waals surface area contributed by atoms with Gasteiger partial charge in [0.25, 0.3) is 5.69 Å². The van der Waals surface area contributed by atoms with Crippen LogP contribution in [0.4, 0.5) is 15.8 Å². The van der Waals surface area contributed by atoms with Gasteiger partial charge in [0.05, 0.1) is 16.0 Å². The quantitative estimate of drug-likeness (QED) is 0.528. The molecule has 2 N–H and O–H groups in total. The van der Waals surface area contributed by atoms with Crippen molar-refractivity contribution in [1.29, 1.82) is 0 Å². The van der Waals surface area contributed by atoms with Gasteiger partial charge in [-0.3, -0.25) is 10.1 Å². The molecule has 19 heavy (non-hydrogen) atoms. The topological polar surface area (TPSA) is 78.4 Å². The number of nitrogen functional groups attached to an aromatic ring is 1. The molecule has 0 spiro atoms. The molecule has 0 aromatic heterocycles. The first kappa shape index (κ1) is 13.1. The smallest absolute Gasteiger partial charge is 0.275 e. The molecular weight excluding hydrogens is 275 g/mol. The summed E-state index contributed by atoms with van der Waals surface area (Å²) in [6, 6.07) is 7.61. The van der Waals surface area contributed by atoms with Crippen LogP contribution in [0.3, 0.4) is 0 Å². The highest BCUT2D eigenvalue weighted by Crippen LogP contribution is 2.30. The molecule has 0 aliphatic heterocycles. The van der Waals surface area contributed by atoms with E-state index >= 15 is 0 Å². The average Bonchev–Trinajstić information content (AvgIpc) is 2.33. The molecule has 0 fully saturated rings. The van der Waals surface area contributed by atoms with Crippen molar-refractivity contribution in [3.63, 3.8) is 0 Å². The van der Waals surface area contributed by atoms with Crippen LogP contribution in [0.15, 0.2) is 36.4 Å². The Morgan fingerprint density at radius 1 is 1.21 bits per heavy atom. The summed E-state index contributed by atoms with van der Waals surface area (Å²) in [5, 5.41) is 10.6. The van der Waals surface area contributed by atoms with Crippen LogP contribution in [0, 0.1) is 15.9 Å². The highest BCUT2D eigenvalue weighted by atomic mass is 35.5. The van der Waals surface area contributed by atoms with E-state index in [-0.39, 0.29) is 27.9 Å². The fraction of sp³-hybridized carbons (Fsp3) is 0. The van der Waals surface area contributed by atoms with E-state index in [9.17, 15) is 14.5 Å². The van der Waals surface area contributed by atoms with Crippen LogP contribution in [0.2, 0.25) is 5.02 Å². The van der Waals surface area contributed by atoms with Gasteiger partial charge >= 0.3 is 0 Å². The summed E-state index contributed by atoms with van der Waals surface area (Å²) < 4.78 is 18.3. The maximum atomic E-state index is 13.0. The fourth-order valence-corrected chi connectivity index (χ4v) is 1.62. The van der Waals surface area contributed by atoms with Gasteiger partial charge in [-0.25, -0.2) is 4.39 Å². The number of non-ortho nitro benzene ring substituents is 1. The average molecular weight is 283 g/mol. The summed E-state index contributed by atoms with van der Waals surface area (Å²) in [5.74, 6) is -0.145. The van der Waals surface area contributed by atoms with Crippen molar-refractivity contribution in [3.05, 3.63) is 57.4 Å². The SMILES string of the molecule is Nc1cc(Oc2ccc(F)c(Cl)c2)cc([N+](=O)[O-])c1. The van der Waals surface area contributed by atoms with Crippen molar-refractivity contribution in [3.8, 4) is 11.5 Å². The Morgan fingerprint density at radius 3 is 2.58 bits per heavy atom. The highest BCUT2D eigenvalue weighted by molar-refractivity contribution is 6.30. The van der Waals surface area contributed by atoms with Crippen LogP contribution in [0.25, 0.3) is 0 Å². The minimum absolute atomic E-state index is 0.101. The third kappa shape index (κ3) is 3.11. The van der Waals surface area contributed by atoms with Crippen LogP contribution in [0.1, 0.15) is 0 Å². The Morgan fingerprint density at radius 2 is 1.95 bits per heavy atom. The van der Waals surface area contributed by atoms with Gasteiger partial charge in [0.2, 0.25) is 0 Å². The van der Waals surface area contributed by atoms with E-state index in [0.29, 0.717) is 0 Å². The molecule has 7 heteroatoms. The van der Waals surface area contributed by atoms with Crippen LogP contribution in [0.5, 0.6) is 11.5 Å². The monoisotopic (exact) mass is 282 g/mol. The Balaban J connectivity index is 2.32. The van der Waals surface area contributed by atoms with Crippen LogP contribution in [-0.2, 0) is 0 Å². The van der Waals surface area contributed by atoms with Gasteiger partial charge in [-0.2, -0.15) is 0 Å². The number of anilines is 1. The predicted molar refractivity (Wildman–Crippen MR) is 69.0 cm³/mol. The summed E-state index contributed by atoms with van der Waals surface area (Å²) in [6.07, 6.45) is 0. The largest absolute Gasteiger partial charge is 0.457 e. The van der Waals surface area contributed by atoms with Gasteiger partial charge in [0.1, 0.15) is 17.3 Å². The lowest BCUT2D eigenvalue weighted by Gasteiger charge is -2.07. The van der Waals surface area contributed by atoms with Crippen molar-refractivity contribution in [2.45, 2.75) is 0 Å². The summed E-state index contributed by atoms with van der Waals surface area (Å²) in [4.78, 5) is 10.1. The molecule has 0 amide bonds. The Bertz CT molecular complexity index is 649. The molecule has 0 aliphatic rings. The van der Waals surface area contributed by atoms with E-state index in [2.05, 4.69) is 0 Å². The number of hydrogen-bond donors (Lipinski definition) is 1. The summed E-state index contributed by atoms with van der Waals surface area (Å²) in [7, 11) is 0. The van der Waals surface area contributed by atoms with Gasteiger partial charge in [-0.15, -0.1) is 0 Å². The molecule has 2 aromatic carbocycles. The molecule has 0 unspecified atom stereocenters. The van der Waals surface area contributed by atoms with E-state index < -0.39 is 10.7 Å². The van der Waals surface area contributed by atoms with Crippen LogP contribution in [-0.4, -0.2) is 4.92 Å². The molecule has 0 bridgehead atoms. The first-order valence-corrected chi connectivity index (χ1v) is 5.51. The summed E-state index contributed by atoms with van der Waals surface area (Å²) in [6.45, 7) is 0. The molecule has 98 valence electrons. The van der Waals surface area contributed by atoms with E-state index in [1.54, 1.807) is 0 Å². The first-order chi connectivity index (χ1) is 8.95. The lowest BCUT2D eigenvalue weighted by Crippen LogP contribution is -1.93. The molecule has 2 aromatic rings. The van der Waals surface area contributed by atoms with E-state index in [1.807, 2.05) is 0 Å². The number of nitrogens with two attached hydrogens (primary N) is 1. The van der Waals surface area contributed by atoms with Crippen molar-refractivity contribution >= 4 is 23.0 Å². The standard InChI is InChI=1S/C12H8ClFN2O3/c13-11-6-9(1-2-12(11)14)19-10-4-7(15)3-8(5-10)16(17)18/h1-6H,15H2. The van der Waals surface area contributed by atoms with Crippen LogP contribution >= 0.6 is 11.6 Å². The number of nitro groups is 1. The van der Waals surface area contributed by atoms with Gasteiger partial charge in [0, 0.05) is 23.9 Å². The molecule has 2 rings (SSSR count). The zero-order chi connectivity index (χ0) is 14.0. The Kier molecular flexibility index (Phi) is 3.52. The third-order valence-corrected chi connectivity index (χ3v) is 2.54. The molecule has 0 saturated heterocycles. The number of rotatable bonds is 3. The zero-order valence-electron chi connectivity index (χ0n) is 9.47. The lowest BCUT2D eigenvalue weighted by atomic mass is 10.2. The summed E-state index contributed by atoms with van der Waals surface area (Å²) >= 11 is 5.61. The van der Waals surface area contributed by atoms with Gasteiger partial charge in [0.15, 0.2) is 0 Å². The second kappa shape index (κ2) is 5.11. The number of benzene rings is 2. The maximum absolute atomic E-state index is 13.0. The molecule has 0 heterocycles. The van der Waals surface area contributed by atoms with Gasteiger partial charge in [-0.1, -0.05) is 11.6 Å². The number of hydrogen-bond acceptors (Lipinski definition) is 4. The third-order valence-electron chi connectivity index (χ3n) is 2.25. The minimum atomic E-state index is -0.582. The second-order valence-electron chi connectivity index (χ2n) is 3.70. The highest BCUT2D eigenvalue weighted by Gasteiger charge is 2.10.